The quantitative estimate of drug-likeness (QED) is 0.473. The van der Waals surface area contributed by atoms with Gasteiger partial charge in [-0.15, -0.1) is 0 Å². The second-order valence-electron chi connectivity index (χ2n) is 8.61. The monoisotopic (exact) mass is 455 g/mol. The molecule has 2 atom stereocenters. The highest BCUT2D eigenvalue weighted by Crippen LogP contribution is 2.35. The number of likely N-dealkylation sites (tertiary alicyclic amines) is 1. The Balaban J connectivity index is 1.49. The maximum atomic E-state index is 13.1. The van der Waals surface area contributed by atoms with Crippen molar-refractivity contribution >= 4 is 23.3 Å². The molecule has 4 rings (SSSR count). The zero-order valence-corrected chi connectivity index (χ0v) is 18.9. The number of carbonyl (C=O) groups excluding carboxylic acids is 1. The van der Waals surface area contributed by atoms with Crippen molar-refractivity contribution in [2.45, 2.75) is 38.0 Å². The van der Waals surface area contributed by atoms with Crippen LogP contribution in [0.3, 0.4) is 0 Å². The van der Waals surface area contributed by atoms with E-state index in [4.69, 9.17) is 14.6 Å². The van der Waals surface area contributed by atoms with E-state index in [2.05, 4.69) is 21.2 Å². The molecule has 2 aliphatic rings. The van der Waals surface area contributed by atoms with Gasteiger partial charge in [0.05, 0.1) is 24.4 Å². The van der Waals surface area contributed by atoms with Crippen LogP contribution < -0.4 is 20.9 Å². The first-order chi connectivity index (χ1) is 15.8. The smallest absolute Gasteiger partial charge is 0.317 e. The summed E-state index contributed by atoms with van der Waals surface area (Å²) >= 11 is 0. The largest absolute Gasteiger partial charge is 0.480 e. The average molecular weight is 456 g/mol. The molecule has 3 heterocycles. The maximum Gasteiger partial charge on any atom is 0.317 e. The number of ether oxygens (including phenoxy) is 2. The van der Waals surface area contributed by atoms with Crippen LogP contribution in [-0.4, -0.2) is 65.3 Å². The molecule has 2 aromatic rings. The molecule has 0 bridgehead atoms. The molecule has 1 aromatic carbocycles. The van der Waals surface area contributed by atoms with Gasteiger partial charge in [-0.2, -0.15) is 0 Å². The Morgan fingerprint density at radius 3 is 2.82 bits per heavy atom. The van der Waals surface area contributed by atoms with E-state index in [1.54, 1.807) is 11.1 Å². The first kappa shape index (κ1) is 23.0. The molecule has 1 saturated heterocycles. The minimum Gasteiger partial charge on any atom is -0.480 e. The molecule has 10 heteroatoms. The highest BCUT2D eigenvalue weighted by Gasteiger charge is 2.45. The number of carboxylic acid groups (broad SMARTS) is 1. The molecule has 0 saturated carbocycles. The van der Waals surface area contributed by atoms with E-state index >= 15 is 0 Å². The van der Waals surface area contributed by atoms with Crippen molar-refractivity contribution in [1.29, 1.82) is 0 Å². The number of aliphatic carboxylic acids is 1. The molecule has 0 spiro atoms. The molecule has 33 heavy (non-hydrogen) atoms. The molecular weight excluding hydrogens is 426 g/mol. The molecule has 1 amide bonds. The molecule has 0 aliphatic carbocycles. The highest BCUT2D eigenvalue weighted by molar-refractivity contribution is 5.98. The van der Waals surface area contributed by atoms with Crippen LogP contribution in [0.15, 0.2) is 36.5 Å². The van der Waals surface area contributed by atoms with Crippen molar-refractivity contribution < 1.29 is 24.2 Å². The van der Waals surface area contributed by atoms with Gasteiger partial charge in [-0.05, 0) is 44.0 Å². The number of pyridine rings is 1. The first-order valence-electron chi connectivity index (χ1n) is 10.9. The van der Waals surface area contributed by atoms with Gasteiger partial charge in [0.15, 0.2) is 5.60 Å². The third kappa shape index (κ3) is 4.92. The Hall–Kier alpha value is -3.21. The van der Waals surface area contributed by atoms with Gasteiger partial charge in [-0.3, -0.25) is 14.5 Å². The Kier molecular flexibility index (Phi) is 6.50. The van der Waals surface area contributed by atoms with Crippen LogP contribution in [0.4, 0.5) is 11.4 Å². The van der Waals surface area contributed by atoms with E-state index in [-0.39, 0.29) is 31.1 Å². The summed E-state index contributed by atoms with van der Waals surface area (Å²) in [7, 11) is 1.48. The average Bonchev–Trinajstić information content (AvgIpc) is 3.38. The van der Waals surface area contributed by atoms with Crippen LogP contribution in [0.1, 0.15) is 37.4 Å². The van der Waals surface area contributed by atoms with Crippen LogP contribution in [0, 0.1) is 0 Å². The summed E-state index contributed by atoms with van der Waals surface area (Å²) in [6, 6.07) is 9.28. The van der Waals surface area contributed by atoms with Gasteiger partial charge in [-0.25, -0.2) is 10.4 Å². The number of hydrogen-bond acceptors (Lipinski definition) is 8. The van der Waals surface area contributed by atoms with Crippen molar-refractivity contribution in [2.24, 2.45) is 0 Å². The minimum absolute atomic E-state index is 0.0491. The number of nitrogens with zero attached hydrogens (tertiary/aromatic N) is 2. The van der Waals surface area contributed by atoms with Gasteiger partial charge in [0.2, 0.25) is 5.88 Å². The summed E-state index contributed by atoms with van der Waals surface area (Å²) in [5.74, 6) is -0.644. The fourth-order valence-electron chi connectivity index (χ4n) is 4.23. The van der Waals surface area contributed by atoms with Crippen LogP contribution in [0.25, 0.3) is 0 Å². The van der Waals surface area contributed by atoms with Crippen molar-refractivity contribution in [3.05, 3.63) is 47.7 Å². The van der Waals surface area contributed by atoms with E-state index in [1.165, 1.54) is 7.11 Å². The second kappa shape index (κ2) is 9.34. The first-order valence-corrected chi connectivity index (χ1v) is 10.9. The van der Waals surface area contributed by atoms with Gasteiger partial charge >= 0.3 is 5.97 Å². The number of anilines is 2. The van der Waals surface area contributed by atoms with Crippen molar-refractivity contribution in [2.75, 3.05) is 37.5 Å². The number of hydrazine groups is 1. The van der Waals surface area contributed by atoms with Crippen LogP contribution in [0.5, 0.6) is 5.88 Å². The number of amides is 1. The lowest BCUT2D eigenvalue weighted by atomic mass is 9.99. The molecule has 10 nitrogen and oxygen atoms in total. The summed E-state index contributed by atoms with van der Waals surface area (Å²) in [5, 5.41) is 12.0. The van der Waals surface area contributed by atoms with Gasteiger partial charge in [0, 0.05) is 43.7 Å². The number of fused-ring (bicyclic) bond motifs is 1. The number of methoxy groups -OCH3 is 1. The molecule has 2 aliphatic heterocycles. The molecule has 176 valence electrons. The van der Waals surface area contributed by atoms with Crippen molar-refractivity contribution in [1.82, 2.24) is 15.3 Å². The van der Waals surface area contributed by atoms with Crippen LogP contribution in [0.2, 0.25) is 0 Å². The highest BCUT2D eigenvalue weighted by atomic mass is 16.5. The molecule has 1 fully saturated rings. The van der Waals surface area contributed by atoms with Gasteiger partial charge in [-0.1, -0.05) is 6.07 Å². The topological polar surface area (TPSA) is 125 Å². The third-order valence-corrected chi connectivity index (χ3v) is 5.89. The number of benzene rings is 1. The standard InChI is InChI=1S/C23H29N5O5/c1-14(2)33-19-7-4-15(11-24-19)21-17-10-16(5-6-18(17)26-27-21)25-22(31)23(32-3)8-9-28(13-23)12-20(29)30/h4-7,10-11,14,21,26-27H,8-9,12-13H2,1-3H3,(H,25,31)(H,29,30). The molecule has 4 N–H and O–H groups in total. The van der Waals surface area contributed by atoms with E-state index in [1.807, 2.05) is 44.2 Å². The number of hydrogen-bond donors (Lipinski definition) is 4. The fourth-order valence-corrected chi connectivity index (χ4v) is 4.23. The van der Waals surface area contributed by atoms with Gasteiger partial charge < -0.3 is 25.3 Å². The SMILES string of the molecule is COC1(C(=O)Nc2ccc3c(c2)C(c2ccc(OC(C)C)nc2)NN3)CCN(CC(=O)O)C1. The number of carbonyl (C=O) groups is 2. The Morgan fingerprint density at radius 2 is 2.15 bits per heavy atom. The number of aromatic nitrogens is 1. The van der Waals surface area contributed by atoms with Crippen molar-refractivity contribution in [3.8, 4) is 5.88 Å². The predicted octanol–water partition coefficient (Wildman–Crippen LogP) is 2.00. The number of nitrogens with one attached hydrogen (secondary N) is 3. The Bertz CT molecular complexity index is 1030. The molecule has 1 aromatic heterocycles. The summed E-state index contributed by atoms with van der Waals surface area (Å²) in [6.07, 6.45) is 2.25. The summed E-state index contributed by atoms with van der Waals surface area (Å²) in [4.78, 5) is 30.2. The lowest BCUT2D eigenvalue weighted by molar-refractivity contribution is -0.140. The minimum atomic E-state index is -1.08. The Morgan fingerprint density at radius 1 is 1.33 bits per heavy atom. The third-order valence-electron chi connectivity index (χ3n) is 5.89. The lowest BCUT2D eigenvalue weighted by Gasteiger charge is -2.26. The lowest BCUT2D eigenvalue weighted by Crippen LogP contribution is -2.47. The van der Waals surface area contributed by atoms with Crippen LogP contribution >= 0.6 is 0 Å². The van der Waals surface area contributed by atoms with E-state index in [0.717, 1.165) is 16.8 Å². The van der Waals surface area contributed by atoms with Crippen molar-refractivity contribution in [3.63, 3.8) is 0 Å². The predicted molar refractivity (Wildman–Crippen MR) is 122 cm³/mol. The van der Waals surface area contributed by atoms with Crippen LogP contribution in [-0.2, 0) is 14.3 Å². The number of rotatable bonds is 8. The second-order valence-corrected chi connectivity index (χ2v) is 8.61. The summed E-state index contributed by atoms with van der Waals surface area (Å²) in [6.45, 7) is 4.50. The normalized spacial score (nSPS) is 22.1. The molecule has 0 radical (unpaired) electrons. The van der Waals surface area contributed by atoms with Gasteiger partial charge in [0.1, 0.15) is 0 Å². The fraction of sp³-hybridized carbons (Fsp3) is 0.435. The zero-order chi connectivity index (χ0) is 23.6. The van der Waals surface area contributed by atoms with E-state index in [0.29, 0.717) is 24.5 Å². The Labute approximate surface area is 192 Å². The summed E-state index contributed by atoms with van der Waals surface area (Å²) in [5.41, 5.74) is 8.80. The van der Waals surface area contributed by atoms with Gasteiger partial charge in [0.25, 0.3) is 5.91 Å². The summed E-state index contributed by atoms with van der Waals surface area (Å²) < 4.78 is 11.2. The van der Waals surface area contributed by atoms with E-state index in [9.17, 15) is 9.59 Å². The van der Waals surface area contributed by atoms with E-state index < -0.39 is 11.6 Å². The number of carboxylic acids is 1. The molecule has 2 unspecified atom stereocenters. The molecular formula is C23H29N5O5. The zero-order valence-electron chi connectivity index (χ0n) is 18.9. The maximum absolute atomic E-state index is 13.1.